The average molecular weight is 284 g/mol. The zero-order valence-electron chi connectivity index (χ0n) is 9.81. The van der Waals surface area contributed by atoms with E-state index >= 15 is 0 Å². The molecule has 0 aliphatic rings. The molecule has 0 spiro atoms. The molecule has 0 aliphatic carbocycles. The van der Waals surface area contributed by atoms with E-state index in [2.05, 4.69) is 5.32 Å². The van der Waals surface area contributed by atoms with Crippen molar-refractivity contribution in [3.63, 3.8) is 0 Å². The summed E-state index contributed by atoms with van der Waals surface area (Å²) in [6, 6.07) is 10.0. The first kappa shape index (κ1) is 13.2. The maximum absolute atomic E-state index is 12.9. The Morgan fingerprint density at radius 2 is 1.89 bits per heavy atom. The van der Waals surface area contributed by atoms with E-state index in [1.807, 2.05) is 25.1 Å². The van der Waals surface area contributed by atoms with Crippen LogP contribution in [0, 0.1) is 12.7 Å². The van der Waals surface area contributed by atoms with Gasteiger partial charge in [0.2, 0.25) is 0 Å². The second-order valence-electron chi connectivity index (χ2n) is 4.05. The van der Waals surface area contributed by atoms with Crippen molar-refractivity contribution in [2.75, 3.05) is 5.32 Å². The Labute approximate surface area is 116 Å². The molecule has 0 fully saturated rings. The topological polar surface area (TPSA) is 12.0 Å². The molecule has 2 aromatic rings. The summed E-state index contributed by atoms with van der Waals surface area (Å²) in [5, 5.41) is 4.38. The summed E-state index contributed by atoms with van der Waals surface area (Å²) in [6.07, 6.45) is 0. The normalized spacial score (nSPS) is 10.4. The van der Waals surface area contributed by atoms with E-state index in [0.717, 1.165) is 16.8 Å². The van der Waals surface area contributed by atoms with Gasteiger partial charge in [0.15, 0.2) is 0 Å². The van der Waals surface area contributed by atoms with Crippen molar-refractivity contribution in [1.29, 1.82) is 0 Å². The molecule has 1 N–H and O–H groups in total. The van der Waals surface area contributed by atoms with Crippen molar-refractivity contribution in [1.82, 2.24) is 0 Å². The number of benzene rings is 2. The lowest BCUT2D eigenvalue weighted by Crippen LogP contribution is -2.01. The van der Waals surface area contributed by atoms with Gasteiger partial charge in [-0.1, -0.05) is 29.3 Å². The largest absolute Gasteiger partial charge is 0.381 e. The van der Waals surface area contributed by atoms with Crippen LogP contribution < -0.4 is 5.32 Å². The highest BCUT2D eigenvalue weighted by atomic mass is 35.5. The molecule has 0 heterocycles. The van der Waals surface area contributed by atoms with Crippen molar-refractivity contribution in [2.45, 2.75) is 13.5 Å². The molecular weight excluding hydrogens is 272 g/mol. The van der Waals surface area contributed by atoms with Crippen LogP contribution in [0.15, 0.2) is 36.4 Å². The highest BCUT2D eigenvalue weighted by Gasteiger charge is 2.03. The highest BCUT2D eigenvalue weighted by Crippen LogP contribution is 2.22. The Balaban J connectivity index is 2.11. The standard InChI is InChI=1S/C14H12Cl2FN/c1-9-6-11(15)3-5-14(9)18-8-10-2-4-12(17)7-13(10)16/h2-7,18H,8H2,1H3. The molecule has 0 saturated carbocycles. The summed E-state index contributed by atoms with van der Waals surface area (Å²) in [7, 11) is 0. The summed E-state index contributed by atoms with van der Waals surface area (Å²) in [5.41, 5.74) is 2.90. The van der Waals surface area contributed by atoms with Crippen LogP contribution in [0.25, 0.3) is 0 Å². The molecule has 0 atom stereocenters. The number of rotatable bonds is 3. The lowest BCUT2D eigenvalue weighted by Gasteiger charge is -2.11. The van der Waals surface area contributed by atoms with Gasteiger partial charge in [-0.25, -0.2) is 4.39 Å². The first-order valence-corrected chi connectivity index (χ1v) is 6.26. The first-order chi connectivity index (χ1) is 8.56. The zero-order valence-corrected chi connectivity index (χ0v) is 11.3. The lowest BCUT2D eigenvalue weighted by atomic mass is 10.1. The predicted molar refractivity (Wildman–Crippen MR) is 74.9 cm³/mol. The number of hydrogen-bond donors (Lipinski definition) is 1. The molecule has 18 heavy (non-hydrogen) atoms. The molecule has 0 radical (unpaired) electrons. The third-order valence-electron chi connectivity index (χ3n) is 2.67. The number of hydrogen-bond acceptors (Lipinski definition) is 1. The Bertz CT molecular complexity index is 518. The van der Waals surface area contributed by atoms with Crippen LogP contribution >= 0.6 is 23.2 Å². The predicted octanol–water partition coefficient (Wildman–Crippen LogP) is 5.05. The van der Waals surface area contributed by atoms with Crippen LogP contribution in [-0.2, 0) is 6.54 Å². The van der Waals surface area contributed by atoms with Gasteiger partial charge in [0.1, 0.15) is 5.82 Å². The molecule has 4 heteroatoms. The number of anilines is 1. The van der Waals surface area contributed by atoms with Crippen LogP contribution in [0.2, 0.25) is 10.0 Å². The van der Waals surface area contributed by atoms with Gasteiger partial charge in [-0.2, -0.15) is 0 Å². The summed E-state index contributed by atoms with van der Waals surface area (Å²) >= 11 is 11.8. The van der Waals surface area contributed by atoms with Gasteiger partial charge in [0.05, 0.1) is 0 Å². The molecule has 94 valence electrons. The molecule has 2 aromatic carbocycles. The fourth-order valence-corrected chi connectivity index (χ4v) is 2.14. The van der Waals surface area contributed by atoms with Crippen molar-refractivity contribution >= 4 is 28.9 Å². The number of halogens is 3. The molecule has 1 nitrogen and oxygen atoms in total. The van der Waals surface area contributed by atoms with Gasteiger partial charge < -0.3 is 5.32 Å². The van der Waals surface area contributed by atoms with Crippen LogP contribution in [-0.4, -0.2) is 0 Å². The van der Waals surface area contributed by atoms with Crippen molar-refractivity contribution in [3.05, 3.63) is 63.4 Å². The van der Waals surface area contributed by atoms with Gasteiger partial charge >= 0.3 is 0 Å². The maximum atomic E-state index is 12.9. The molecule has 0 unspecified atom stereocenters. The van der Waals surface area contributed by atoms with E-state index in [0.29, 0.717) is 16.6 Å². The van der Waals surface area contributed by atoms with Gasteiger partial charge in [0.25, 0.3) is 0 Å². The van der Waals surface area contributed by atoms with Gasteiger partial charge in [-0.15, -0.1) is 0 Å². The van der Waals surface area contributed by atoms with E-state index in [1.54, 1.807) is 6.07 Å². The van der Waals surface area contributed by atoms with E-state index < -0.39 is 0 Å². The average Bonchev–Trinajstić information content (AvgIpc) is 2.30. The smallest absolute Gasteiger partial charge is 0.124 e. The highest BCUT2D eigenvalue weighted by molar-refractivity contribution is 6.31. The fraction of sp³-hybridized carbons (Fsp3) is 0.143. The third-order valence-corrected chi connectivity index (χ3v) is 3.26. The molecular formula is C14H12Cl2FN. The minimum atomic E-state index is -0.327. The van der Waals surface area contributed by atoms with Crippen molar-refractivity contribution in [2.24, 2.45) is 0 Å². The Hall–Kier alpha value is -1.25. The Kier molecular flexibility index (Phi) is 4.10. The summed E-state index contributed by atoms with van der Waals surface area (Å²) in [5.74, 6) is -0.327. The molecule has 0 amide bonds. The minimum Gasteiger partial charge on any atom is -0.381 e. The summed E-state index contributed by atoms with van der Waals surface area (Å²) < 4.78 is 12.9. The molecule has 0 bridgehead atoms. The first-order valence-electron chi connectivity index (χ1n) is 5.50. The molecule has 0 saturated heterocycles. The van der Waals surface area contributed by atoms with Crippen molar-refractivity contribution in [3.8, 4) is 0 Å². The van der Waals surface area contributed by atoms with Gasteiger partial charge in [-0.05, 0) is 48.4 Å². The van der Waals surface area contributed by atoms with E-state index in [9.17, 15) is 4.39 Å². The van der Waals surface area contributed by atoms with E-state index in [4.69, 9.17) is 23.2 Å². The number of nitrogens with one attached hydrogen (secondary N) is 1. The molecule has 0 aliphatic heterocycles. The second kappa shape index (κ2) is 5.59. The lowest BCUT2D eigenvalue weighted by molar-refractivity contribution is 0.627. The SMILES string of the molecule is Cc1cc(Cl)ccc1NCc1ccc(F)cc1Cl. The van der Waals surface area contributed by atoms with Crippen LogP contribution in [0.5, 0.6) is 0 Å². The Morgan fingerprint density at radius 1 is 1.11 bits per heavy atom. The maximum Gasteiger partial charge on any atom is 0.124 e. The third kappa shape index (κ3) is 3.15. The molecule has 2 rings (SSSR count). The van der Waals surface area contributed by atoms with Crippen LogP contribution in [0.3, 0.4) is 0 Å². The Morgan fingerprint density at radius 3 is 2.56 bits per heavy atom. The fourth-order valence-electron chi connectivity index (χ4n) is 1.68. The minimum absolute atomic E-state index is 0.327. The number of aryl methyl sites for hydroxylation is 1. The van der Waals surface area contributed by atoms with Crippen molar-refractivity contribution < 1.29 is 4.39 Å². The van der Waals surface area contributed by atoms with E-state index in [-0.39, 0.29) is 5.82 Å². The second-order valence-corrected chi connectivity index (χ2v) is 4.89. The zero-order chi connectivity index (χ0) is 13.1. The summed E-state index contributed by atoms with van der Waals surface area (Å²) in [6.45, 7) is 2.52. The summed E-state index contributed by atoms with van der Waals surface area (Å²) in [4.78, 5) is 0. The quantitative estimate of drug-likeness (QED) is 0.831. The van der Waals surface area contributed by atoms with E-state index in [1.165, 1.54) is 12.1 Å². The molecule has 0 aromatic heterocycles. The van der Waals surface area contributed by atoms with Crippen LogP contribution in [0.4, 0.5) is 10.1 Å². The van der Waals surface area contributed by atoms with Gasteiger partial charge in [0, 0.05) is 22.3 Å². The van der Waals surface area contributed by atoms with Crippen LogP contribution in [0.1, 0.15) is 11.1 Å². The monoisotopic (exact) mass is 283 g/mol. The van der Waals surface area contributed by atoms with Gasteiger partial charge in [-0.3, -0.25) is 0 Å².